The van der Waals surface area contributed by atoms with E-state index in [1.807, 2.05) is 0 Å². The van der Waals surface area contributed by atoms with Gasteiger partial charge < -0.3 is 5.32 Å². The number of nitrogens with one attached hydrogen (secondary N) is 1. The predicted octanol–water partition coefficient (Wildman–Crippen LogP) is 4.58. The van der Waals surface area contributed by atoms with E-state index in [1.165, 1.54) is 0 Å². The first-order chi connectivity index (χ1) is 13.5. The molecule has 3 amide bonds. The smallest absolute Gasteiger partial charge is 0.271 e. The van der Waals surface area contributed by atoms with Gasteiger partial charge in [0.2, 0.25) is 5.91 Å². The van der Waals surface area contributed by atoms with Crippen LogP contribution in [-0.4, -0.2) is 34.1 Å². The number of hydrogen-bond acceptors (Lipinski definition) is 5. The largest absolute Gasteiger partial charge is 0.322 e. The van der Waals surface area contributed by atoms with Gasteiger partial charge in [0.1, 0.15) is 12.4 Å². The van der Waals surface area contributed by atoms with E-state index in [0.29, 0.717) is 4.90 Å². The van der Waals surface area contributed by atoms with Crippen LogP contribution in [0.25, 0.3) is 0 Å². The molecule has 0 saturated heterocycles. The fourth-order valence-electron chi connectivity index (χ4n) is 2.60. The predicted molar refractivity (Wildman–Crippen MR) is 104 cm³/mol. The Labute approximate surface area is 181 Å². The number of imide groups is 1. The quantitative estimate of drug-likeness (QED) is 0.226. The first kappa shape index (κ1) is 21.3. The van der Waals surface area contributed by atoms with E-state index in [0.717, 1.165) is 18.2 Å². The van der Waals surface area contributed by atoms with Crippen LogP contribution in [0.4, 0.5) is 15.8 Å². The summed E-state index contributed by atoms with van der Waals surface area (Å²) in [6.07, 6.45) is 0. The summed E-state index contributed by atoms with van der Waals surface area (Å²) in [5, 5.41) is 11.8. The molecule has 0 unspecified atom stereocenters. The second-order valence-electron chi connectivity index (χ2n) is 5.67. The van der Waals surface area contributed by atoms with Gasteiger partial charge in [0, 0.05) is 12.1 Å². The number of nitro benzene ring substituents is 1. The Morgan fingerprint density at radius 1 is 1.03 bits per heavy atom. The first-order valence-corrected chi connectivity index (χ1v) is 9.01. The van der Waals surface area contributed by atoms with Gasteiger partial charge in [-0.2, -0.15) is 0 Å². The average Bonchev–Trinajstić information content (AvgIpc) is 2.91. The lowest BCUT2D eigenvalue weighted by Gasteiger charge is -2.14. The number of carbonyl (C=O) groups excluding carboxylic acids is 3. The zero-order valence-electron chi connectivity index (χ0n) is 13.8. The van der Waals surface area contributed by atoms with Crippen molar-refractivity contribution in [1.82, 2.24) is 4.90 Å². The Morgan fingerprint density at radius 3 is 2.03 bits per heavy atom. The Kier molecular flexibility index (Phi) is 5.68. The van der Waals surface area contributed by atoms with Crippen molar-refractivity contribution in [3.8, 4) is 0 Å². The topological polar surface area (TPSA) is 110 Å². The molecule has 13 heteroatoms. The Balaban J connectivity index is 1.88. The highest BCUT2D eigenvalue weighted by atomic mass is 35.5. The zero-order valence-corrected chi connectivity index (χ0v) is 16.8. The van der Waals surface area contributed by atoms with Crippen LogP contribution in [0.3, 0.4) is 0 Å². The summed E-state index contributed by atoms with van der Waals surface area (Å²) >= 11 is 23.8. The van der Waals surface area contributed by atoms with E-state index in [2.05, 4.69) is 5.32 Å². The molecule has 0 spiro atoms. The maximum Gasteiger partial charge on any atom is 0.271 e. The minimum atomic E-state index is -0.997. The van der Waals surface area contributed by atoms with Crippen molar-refractivity contribution in [2.45, 2.75) is 0 Å². The maximum absolute atomic E-state index is 13.8. The lowest BCUT2D eigenvalue weighted by atomic mass is 10.1. The molecular weight excluding hydrogens is 475 g/mol. The number of halogens is 5. The molecule has 1 N–H and O–H groups in total. The van der Waals surface area contributed by atoms with Crippen molar-refractivity contribution < 1.29 is 23.7 Å². The minimum absolute atomic E-state index is 0.233. The van der Waals surface area contributed by atoms with Gasteiger partial charge in [-0.05, 0) is 6.07 Å². The molecule has 1 aliphatic rings. The molecule has 0 bridgehead atoms. The minimum Gasteiger partial charge on any atom is -0.322 e. The number of fused-ring (bicyclic) bond motifs is 1. The highest BCUT2D eigenvalue weighted by Gasteiger charge is 2.42. The van der Waals surface area contributed by atoms with Crippen molar-refractivity contribution in [2.24, 2.45) is 0 Å². The molecule has 1 heterocycles. The molecule has 0 aliphatic carbocycles. The number of amides is 3. The SMILES string of the molecule is O=C(CN1C(=O)c2c(Cl)c(Cl)c(Cl)c(Cl)c2C1=O)Nc1cc([N+](=O)[O-])ccc1F. The van der Waals surface area contributed by atoms with Gasteiger partial charge in [0.25, 0.3) is 17.5 Å². The van der Waals surface area contributed by atoms with Gasteiger partial charge in [-0.15, -0.1) is 0 Å². The average molecular weight is 481 g/mol. The second-order valence-corrected chi connectivity index (χ2v) is 7.18. The summed E-state index contributed by atoms with van der Waals surface area (Å²) in [5.41, 5.74) is -1.59. The van der Waals surface area contributed by atoms with E-state index in [9.17, 15) is 28.9 Å². The molecule has 0 saturated carbocycles. The van der Waals surface area contributed by atoms with Crippen LogP contribution in [0.15, 0.2) is 18.2 Å². The first-order valence-electron chi connectivity index (χ1n) is 7.50. The van der Waals surface area contributed by atoms with Gasteiger partial charge in [-0.25, -0.2) is 4.39 Å². The molecule has 29 heavy (non-hydrogen) atoms. The van der Waals surface area contributed by atoms with Crippen molar-refractivity contribution in [3.05, 3.63) is 65.3 Å². The lowest BCUT2D eigenvalue weighted by molar-refractivity contribution is -0.384. The third-order valence-electron chi connectivity index (χ3n) is 3.92. The van der Waals surface area contributed by atoms with E-state index in [4.69, 9.17) is 46.4 Å². The third kappa shape index (κ3) is 3.62. The molecule has 2 aromatic carbocycles. The maximum atomic E-state index is 13.8. The lowest BCUT2D eigenvalue weighted by Crippen LogP contribution is -2.37. The molecule has 0 aromatic heterocycles. The second kappa shape index (κ2) is 7.75. The van der Waals surface area contributed by atoms with E-state index < -0.39 is 46.4 Å². The standard InChI is InChI=1S/C16H6Cl4FN3O5/c17-11-9-10(12(18)14(20)13(11)19)16(27)23(15(9)26)4-8(25)22-7-3-5(24(28)29)1-2-6(7)21/h1-3H,4H2,(H,22,25). The highest BCUT2D eigenvalue weighted by Crippen LogP contribution is 2.44. The summed E-state index contributed by atoms with van der Waals surface area (Å²) in [5.74, 6) is -3.85. The molecule has 3 rings (SSSR count). The number of carbonyl (C=O) groups is 3. The van der Waals surface area contributed by atoms with Gasteiger partial charge in [-0.1, -0.05) is 46.4 Å². The van der Waals surface area contributed by atoms with Crippen LogP contribution in [0.2, 0.25) is 20.1 Å². The van der Waals surface area contributed by atoms with Crippen LogP contribution >= 0.6 is 46.4 Å². The molecule has 1 aliphatic heterocycles. The number of nitro groups is 1. The Hall–Kier alpha value is -2.46. The fraction of sp³-hybridized carbons (Fsp3) is 0.0625. The molecule has 0 radical (unpaired) electrons. The van der Waals surface area contributed by atoms with Crippen molar-refractivity contribution >= 4 is 75.5 Å². The molecule has 8 nitrogen and oxygen atoms in total. The molecule has 2 aromatic rings. The number of rotatable bonds is 4. The van der Waals surface area contributed by atoms with Gasteiger partial charge in [0.05, 0.1) is 41.8 Å². The van der Waals surface area contributed by atoms with Crippen LogP contribution < -0.4 is 5.32 Å². The number of benzene rings is 2. The molecule has 0 fully saturated rings. The van der Waals surface area contributed by atoms with Crippen molar-refractivity contribution in [2.75, 3.05) is 11.9 Å². The van der Waals surface area contributed by atoms with Gasteiger partial charge in [0.15, 0.2) is 0 Å². The number of non-ortho nitro benzene ring substituents is 1. The van der Waals surface area contributed by atoms with E-state index in [-0.39, 0.29) is 31.2 Å². The van der Waals surface area contributed by atoms with Crippen LogP contribution in [0.1, 0.15) is 20.7 Å². The monoisotopic (exact) mass is 479 g/mol. The summed E-state index contributed by atoms with van der Waals surface area (Å²) in [7, 11) is 0. The highest BCUT2D eigenvalue weighted by molar-refractivity contribution is 6.55. The summed E-state index contributed by atoms with van der Waals surface area (Å²) in [6, 6.07) is 2.49. The number of anilines is 1. The fourth-order valence-corrected chi connectivity index (χ4v) is 3.61. The summed E-state index contributed by atoms with van der Waals surface area (Å²) < 4.78 is 13.8. The number of nitrogens with zero attached hydrogens (tertiary/aromatic N) is 2. The molecule has 150 valence electrons. The number of hydrogen-bond donors (Lipinski definition) is 1. The molecular formula is C16H6Cl4FN3O5. The third-order valence-corrected chi connectivity index (χ3v) is 5.72. The molecule has 0 atom stereocenters. The van der Waals surface area contributed by atoms with Gasteiger partial charge >= 0.3 is 0 Å². The van der Waals surface area contributed by atoms with Crippen LogP contribution in [0, 0.1) is 15.9 Å². The van der Waals surface area contributed by atoms with Crippen LogP contribution in [-0.2, 0) is 4.79 Å². The van der Waals surface area contributed by atoms with Crippen molar-refractivity contribution in [3.63, 3.8) is 0 Å². The zero-order chi connectivity index (χ0) is 21.6. The van der Waals surface area contributed by atoms with Crippen molar-refractivity contribution in [1.29, 1.82) is 0 Å². The van der Waals surface area contributed by atoms with E-state index in [1.54, 1.807) is 0 Å². The summed E-state index contributed by atoms with van der Waals surface area (Å²) in [4.78, 5) is 47.9. The summed E-state index contributed by atoms with van der Waals surface area (Å²) in [6.45, 7) is -0.837. The Bertz CT molecular complexity index is 1080. The van der Waals surface area contributed by atoms with Crippen LogP contribution in [0.5, 0.6) is 0 Å². The Morgan fingerprint density at radius 2 is 1.55 bits per heavy atom. The van der Waals surface area contributed by atoms with Gasteiger partial charge in [-0.3, -0.25) is 29.4 Å². The normalized spacial score (nSPS) is 12.9. The van der Waals surface area contributed by atoms with E-state index >= 15 is 0 Å².